The van der Waals surface area contributed by atoms with E-state index in [4.69, 9.17) is 0 Å². The third-order valence-corrected chi connectivity index (χ3v) is 3.38. The number of hydrogen-bond acceptors (Lipinski definition) is 4. The first-order chi connectivity index (χ1) is 9.48. The number of β-amino-alcohol motifs (C(OH)–C–C–N with tert-alkyl or cyclic N) is 1. The molecule has 1 aromatic rings. The largest absolute Gasteiger partial charge is 0.387 e. The fourth-order valence-corrected chi connectivity index (χ4v) is 2.51. The fourth-order valence-electron chi connectivity index (χ4n) is 2.51. The van der Waals surface area contributed by atoms with E-state index in [-0.39, 0.29) is 5.91 Å². The van der Waals surface area contributed by atoms with Crippen LogP contribution >= 0.6 is 0 Å². The average Bonchev–Trinajstić information content (AvgIpc) is 2.78. The number of aliphatic hydroxyl groups is 1. The summed E-state index contributed by atoms with van der Waals surface area (Å²) < 4.78 is 0. The van der Waals surface area contributed by atoms with Gasteiger partial charge in [0.2, 0.25) is 5.91 Å². The molecule has 1 atom stereocenters. The maximum Gasteiger partial charge on any atom is 0.246 e. The van der Waals surface area contributed by atoms with Crippen LogP contribution in [0.1, 0.15) is 12.0 Å². The Hall–Kier alpha value is -1.72. The number of nitrogens with zero attached hydrogens (tertiary/aromatic N) is 3. The molecule has 0 aliphatic carbocycles. The smallest absolute Gasteiger partial charge is 0.246 e. The maximum atomic E-state index is 12.1. The molecule has 5 heteroatoms. The lowest BCUT2D eigenvalue weighted by atomic mass is 10.0. The van der Waals surface area contributed by atoms with Crippen LogP contribution in [0, 0.1) is 0 Å². The average molecular weight is 275 g/mol. The Morgan fingerprint density at radius 1 is 1.50 bits per heavy atom. The van der Waals surface area contributed by atoms with E-state index in [1.54, 1.807) is 29.4 Å². The number of carbonyl (C=O) groups excluding carboxylic acids is 1. The maximum absolute atomic E-state index is 12.1. The van der Waals surface area contributed by atoms with Gasteiger partial charge in [0.25, 0.3) is 0 Å². The van der Waals surface area contributed by atoms with Crippen LogP contribution in [0.15, 0.2) is 30.6 Å². The summed E-state index contributed by atoms with van der Waals surface area (Å²) in [6.45, 7) is 1.57. The van der Waals surface area contributed by atoms with Crippen LogP contribution in [0.25, 0.3) is 6.08 Å². The Labute approximate surface area is 119 Å². The van der Waals surface area contributed by atoms with Crippen molar-refractivity contribution in [1.82, 2.24) is 14.8 Å². The molecule has 20 heavy (non-hydrogen) atoms. The number of likely N-dealkylation sites (tertiary alicyclic amines) is 1. The highest BCUT2D eigenvalue weighted by molar-refractivity contribution is 5.92. The first kappa shape index (κ1) is 14.7. The highest BCUT2D eigenvalue weighted by Gasteiger charge is 2.37. The second kappa shape index (κ2) is 6.15. The molecule has 108 valence electrons. The summed E-state index contributed by atoms with van der Waals surface area (Å²) in [5, 5.41) is 10.4. The third-order valence-electron chi connectivity index (χ3n) is 3.38. The molecular weight excluding hydrogens is 254 g/mol. The first-order valence-corrected chi connectivity index (χ1v) is 6.73. The van der Waals surface area contributed by atoms with E-state index >= 15 is 0 Å². The highest BCUT2D eigenvalue weighted by Crippen LogP contribution is 2.22. The Balaban J connectivity index is 1.93. The van der Waals surface area contributed by atoms with Gasteiger partial charge in [0.15, 0.2) is 0 Å². The van der Waals surface area contributed by atoms with E-state index in [1.165, 1.54) is 0 Å². The monoisotopic (exact) mass is 275 g/mol. The van der Waals surface area contributed by atoms with Crippen molar-refractivity contribution in [3.63, 3.8) is 0 Å². The molecule has 1 fully saturated rings. The van der Waals surface area contributed by atoms with Crippen molar-refractivity contribution in [1.29, 1.82) is 0 Å². The lowest BCUT2D eigenvalue weighted by Gasteiger charge is -2.26. The lowest BCUT2D eigenvalue weighted by Crippen LogP contribution is -2.43. The molecule has 1 N–H and O–H groups in total. The van der Waals surface area contributed by atoms with Gasteiger partial charge in [-0.15, -0.1) is 0 Å². The summed E-state index contributed by atoms with van der Waals surface area (Å²) >= 11 is 0. The van der Waals surface area contributed by atoms with Gasteiger partial charge in [-0.25, -0.2) is 0 Å². The van der Waals surface area contributed by atoms with Crippen LogP contribution in [0.5, 0.6) is 0 Å². The van der Waals surface area contributed by atoms with Gasteiger partial charge >= 0.3 is 0 Å². The van der Waals surface area contributed by atoms with Crippen molar-refractivity contribution in [2.45, 2.75) is 12.0 Å². The van der Waals surface area contributed by atoms with Crippen molar-refractivity contribution < 1.29 is 9.90 Å². The van der Waals surface area contributed by atoms with Crippen LogP contribution in [0.4, 0.5) is 0 Å². The number of likely N-dealkylation sites (N-methyl/N-ethyl adjacent to an activating group) is 1. The second-order valence-corrected chi connectivity index (χ2v) is 5.59. The minimum atomic E-state index is -0.788. The Morgan fingerprint density at radius 3 is 2.85 bits per heavy atom. The van der Waals surface area contributed by atoms with E-state index < -0.39 is 5.60 Å². The number of amides is 1. The van der Waals surface area contributed by atoms with Crippen LogP contribution in [0.2, 0.25) is 0 Å². The number of carbonyl (C=O) groups is 1. The van der Waals surface area contributed by atoms with Gasteiger partial charge in [-0.1, -0.05) is 0 Å². The highest BCUT2D eigenvalue weighted by atomic mass is 16.3. The fraction of sp³-hybridized carbons (Fsp3) is 0.467. The summed E-state index contributed by atoms with van der Waals surface area (Å²) in [4.78, 5) is 19.7. The summed E-state index contributed by atoms with van der Waals surface area (Å²) in [5.74, 6) is -0.0588. The third kappa shape index (κ3) is 3.88. The quantitative estimate of drug-likeness (QED) is 0.819. The van der Waals surface area contributed by atoms with Gasteiger partial charge in [0, 0.05) is 31.6 Å². The van der Waals surface area contributed by atoms with Crippen molar-refractivity contribution in [2.24, 2.45) is 0 Å². The molecule has 1 saturated heterocycles. The van der Waals surface area contributed by atoms with Gasteiger partial charge < -0.3 is 14.9 Å². The van der Waals surface area contributed by atoms with E-state index in [2.05, 4.69) is 4.98 Å². The lowest BCUT2D eigenvalue weighted by molar-refractivity contribution is -0.126. The molecule has 0 radical (unpaired) electrons. The van der Waals surface area contributed by atoms with Gasteiger partial charge in [-0.2, -0.15) is 0 Å². The van der Waals surface area contributed by atoms with Crippen molar-refractivity contribution in [3.05, 3.63) is 36.2 Å². The normalized spacial score (nSPS) is 22.9. The van der Waals surface area contributed by atoms with Gasteiger partial charge in [0.05, 0.1) is 12.1 Å². The van der Waals surface area contributed by atoms with Crippen molar-refractivity contribution in [3.8, 4) is 0 Å². The van der Waals surface area contributed by atoms with E-state index in [0.29, 0.717) is 26.1 Å². The number of pyridine rings is 1. The molecule has 0 unspecified atom stereocenters. The molecule has 1 amide bonds. The molecule has 0 spiro atoms. The van der Waals surface area contributed by atoms with Crippen molar-refractivity contribution in [2.75, 3.05) is 33.7 Å². The summed E-state index contributed by atoms with van der Waals surface area (Å²) in [6.07, 6.45) is 7.33. The predicted octanol–water partition coefficient (Wildman–Crippen LogP) is 0.620. The zero-order valence-electron chi connectivity index (χ0n) is 12.0. The van der Waals surface area contributed by atoms with Crippen molar-refractivity contribution >= 4 is 12.0 Å². The molecule has 2 rings (SSSR count). The molecule has 1 aliphatic rings. The minimum Gasteiger partial charge on any atom is -0.387 e. The van der Waals surface area contributed by atoms with Crippen LogP contribution in [-0.2, 0) is 4.79 Å². The van der Waals surface area contributed by atoms with E-state index in [9.17, 15) is 9.90 Å². The topological polar surface area (TPSA) is 56.7 Å². The zero-order valence-corrected chi connectivity index (χ0v) is 12.0. The summed E-state index contributed by atoms with van der Waals surface area (Å²) in [7, 11) is 3.84. The zero-order chi connectivity index (χ0) is 14.6. The Bertz CT molecular complexity index is 487. The minimum absolute atomic E-state index is 0.0588. The first-order valence-electron chi connectivity index (χ1n) is 6.73. The van der Waals surface area contributed by atoms with Gasteiger partial charge in [-0.3, -0.25) is 9.78 Å². The summed E-state index contributed by atoms with van der Waals surface area (Å²) in [6, 6.07) is 3.69. The Kier molecular flexibility index (Phi) is 4.52. The molecule has 0 saturated carbocycles. The number of rotatable bonds is 4. The molecule has 0 aromatic carbocycles. The summed E-state index contributed by atoms with van der Waals surface area (Å²) in [5.41, 5.74) is 0.153. The SMILES string of the molecule is CN(C)C[C@@]1(O)CCN(C(=O)/C=C/c2ccncc2)C1. The van der Waals surface area contributed by atoms with Gasteiger partial charge in [-0.05, 0) is 44.3 Å². The number of hydrogen-bond donors (Lipinski definition) is 1. The van der Waals surface area contributed by atoms with Crippen LogP contribution < -0.4 is 0 Å². The molecule has 1 aromatic heterocycles. The standard InChI is InChI=1S/C15H21N3O2/c1-17(2)11-15(20)7-10-18(12-15)14(19)4-3-13-5-8-16-9-6-13/h3-6,8-9,20H,7,10-12H2,1-2H3/b4-3+/t15-/m0/s1. The van der Waals surface area contributed by atoms with Crippen LogP contribution in [-0.4, -0.2) is 65.1 Å². The Morgan fingerprint density at radius 2 is 2.20 bits per heavy atom. The van der Waals surface area contributed by atoms with Gasteiger partial charge in [0.1, 0.15) is 0 Å². The van der Waals surface area contributed by atoms with E-state index in [1.807, 2.05) is 31.1 Å². The molecule has 0 bridgehead atoms. The molecule has 5 nitrogen and oxygen atoms in total. The molecule has 2 heterocycles. The second-order valence-electron chi connectivity index (χ2n) is 5.59. The molecule has 1 aliphatic heterocycles. The van der Waals surface area contributed by atoms with Crippen LogP contribution in [0.3, 0.4) is 0 Å². The number of aromatic nitrogens is 1. The van der Waals surface area contributed by atoms with E-state index in [0.717, 1.165) is 5.56 Å². The molecular formula is C15H21N3O2. The predicted molar refractivity (Wildman–Crippen MR) is 78.0 cm³/mol.